The Morgan fingerprint density at radius 3 is 2.17 bits per heavy atom. The lowest BCUT2D eigenvalue weighted by molar-refractivity contribution is -0.117. The van der Waals surface area contributed by atoms with Crippen LogP contribution in [0.4, 0.5) is 5.69 Å². The quantitative estimate of drug-likeness (QED) is 0.746. The summed E-state index contributed by atoms with van der Waals surface area (Å²) in [5, 5.41) is 7.65. The average Bonchev–Trinajstić information content (AvgIpc) is 2.50. The van der Waals surface area contributed by atoms with Gasteiger partial charge in [-0.25, -0.2) is 0 Å². The van der Waals surface area contributed by atoms with E-state index in [9.17, 15) is 4.79 Å². The van der Waals surface area contributed by atoms with Crippen molar-refractivity contribution < 1.29 is 4.79 Å². The molecule has 6 heteroatoms. The second kappa shape index (κ2) is 8.02. The lowest BCUT2D eigenvalue weighted by Crippen LogP contribution is -2.39. The summed E-state index contributed by atoms with van der Waals surface area (Å²) in [5.41, 5.74) is 1.59. The van der Waals surface area contributed by atoms with Crippen LogP contribution in [0, 0.1) is 0 Å². The van der Waals surface area contributed by atoms with E-state index in [1.807, 2.05) is 31.2 Å². The Hall–Kier alpha value is -1.26. The SMILES string of the molecule is C[C@H](N[C@H](C)c1ccc(Cl)cc1)C(=O)Nc1ccc(Cl)cc1Cl. The fourth-order valence-corrected chi connectivity index (χ4v) is 2.71. The normalized spacial score (nSPS) is 13.4. The second-order valence-electron chi connectivity index (χ2n) is 5.28. The fourth-order valence-electron chi connectivity index (χ4n) is 2.13. The molecule has 122 valence electrons. The largest absolute Gasteiger partial charge is 0.323 e. The third-order valence-corrected chi connectivity index (χ3v) is 4.25. The standard InChI is InChI=1S/C17H17Cl3N2O/c1-10(12-3-5-13(18)6-4-12)21-11(2)17(23)22-16-8-7-14(19)9-15(16)20/h3-11,21H,1-2H3,(H,22,23)/t10-,11+/m1/s1. The van der Waals surface area contributed by atoms with E-state index in [-0.39, 0.29) is 11.9 Å². The van der Waals surface area contributed by atoms with E-state index in [0.717, 1.165) is 5.56 Å². The minimum atomic E-state index is -0.396. The maximum atomic E-state index is 12.3. The molecule has 2 N–H and O–H groups in total. The van der Waals surface area contributed by atoms with Crippen molar-refractivity contribution in [1.29, 1.82) is 0 Å². The summed E-state index contributed by atoms with van der Waals surface area (Å²) in [4.78, 5) is 12.3. The smallest absolute Gasteiger partial charge is 0.241 e. The van der Waals surface area contributed by atoms with Gasteiger partial charge in [0.05, 0.1) is 16.8 Å². The first-order chi connectivity index (χ1) is 10.9. The molecular weight excluding hydrogens is 355 g/mol. The molecule has 0 unspecified atom stereocenters. The Balaban J connectivity index is 1.98. The molecule has 2 aromatic rings. The molecule has 0 saturated heterocycles. The summed E-state index contributed by atoms with van der Waals surface area (Å²) >= 11 is 17.8. The van der Waals surface area contributed by atoms with Crippen LogP contribution < -0.4 is 10.6 Å². The molecule has 0 spiro atoms. The number of hydrogen-bond acceptors (Lipinski definition) is 2. The first-order valence-corrected chi connectivity index (χ1v) is 8.27. The van der Waals surface area contributed by atoms with Crippen LogP contribution in [0.3, 0.4) is 0 Å². The van der Waals surface area contributed by atoms with Crippen molar-refractivity contribution in [2.75, 3.05) is 5.32 Å². The summed E-state index contributed by atoms with van der Waals surface area (Å²) in [6.45, 7) is 3.79. The van der Waals surface area contributed by atoms with Gasteiger partial charge in [0.1, 0.15) is 0 Å². The minimum Gasteiger partial charge on any atom is -0.323 e. The van der Waals surface area contributed by atoms with Crippen molar-refractivity contribution in [3.05, 3.63) is 63.1 Å². The van der Waals surface area contributed by atoms with E-state index in [0.29, 0.717) is 20.8 Å². The van der Waals surface area contributed by atoms with Crippen molar-refractivity contribution in [1.82, 2.24) is 5.32 Å². The molecule has 0 heterocycles. The molecule has 2 rings (SSSR count). The van der Waals surface area contributed by atoms with E-state index in [4.69, 9.17) is 34.8 Å². The van der Waals surface area contributed by atoms with Gasteiger partial charge in [0.2, 0.25) is 5.91 Å². The molecule has 2 aromatic carbocycles. The Bertz CT molecular complexity index is 689. The Labute approximate surface area is 150 Å². The monoisotopic (exact) mass is 370 g/mol. The number of carbonyl (C=O) groups excluding carboxylic acids is 1. The van der Waals surface area contributed by atoms with Gasteiger partial charge in [-0.1, -0.05) is 46.9 Å². The van der Waals surface area contributed by atoms with Gasteiger partial charge in [-0.05, 0) is 49.7 Å². The predicted molar refractivity (Wildman–Crippen MR) is 97.6 cm³/mol. The molecule has 0 bridgehead atoms. The minimum absolute atomic E-state index is 0.00806. The zero-order valence-corrected chi connectivity index (χ0v) is 15.0. The molecule has 0 fully saturated rings. The van der Waals surface area contributed by atoms with E-state index in [2.05, 4.69) is 10.6 Å². The lowest BCUT2D eigenvalue weighted by Gasteiger charge is -2.20. The number of benzene rings is 2. The first kappa shape index (κ1) is 18.1. The van der Waals surface area contributed by atoms with E-state index in [1.165, 1.54) is 0 Å². The van der Waals surface area contributed by atoms with Crippen molar-refractivity contribution in [3.63, 3.8) is 0 Å². The maximum Gasteiger partial charge on any atom is 0.241 e. The number of amides is 1. The molecule has 1 amide bonds. The molecule has 3 nitrogen and oxygen atoms in total. The molecular formula is C17H17Cl3N2O. The Morgan fingerprint density at radius 1 is 0.957 bits per heavy atom. The van der Waals surface area contributed by atoms with Gasteiger partial charge in [0.15, 0.2) is 0 Å². The van der Waals surface area contributed by atoms with Crippen LogP contribution in [0.25, 0.3) is 0 Å². The van der Waals surface area contributed by atoms with Crippen molar-refractivity contribution >= 4 is 46.4 Å². The highest BCUT2D eigenvalue weighted by molar-refractivity contribution is 6.36. The average molecular weight is 372 g/mol. The topological polar surface area (TPSA) is 41.1 Å². The van der Waals surface area contributed by atoms with Crippen LogP contribution in [-0.4, -0.2) is 11.9 Å². The van der Waals surface area contributed by atoms with Crippen molar-refractivity contribution in [3.8, 4) is 0 Å². The number of hydrogen-bond donors (Lipinski definition) is 2. The van der Waals surface area contributed by atoms with E-state index >= 15 is 0 Å². The molecule has 0 aromatic heterocycles. The van der Waals surface area contributed by atoms with Crippen LogP contribution in [0.1, 0.15) is 25.5 Å². The van der Waals surface area contributed by atoms with Gasteiger partial charge in [0.25, 0.3) is 0 Å². The Kier molecular flexibility index (Phi) is 6.31. The van der Waals surface area contributed by atoms with Crippen LogP contribution in [0.15, 0.2) is 42.5 Å². The zero-order chi connectivity index (χ0) is 17.0. The molecule has 23 heavy (non-hydrogen) atoms. The summed E-state index contributed by atoms with van der Waals surface area (Å²) in [7, 11) is 0. The molecule has 0 saturated carbocycles. The number of nitrogens with one attached hydrogen (secondary N) is 2. The Morgan fingerprint density at radius 2 is 1.57 bits per heavy atom. The number of halogens is 3. The summed E-state index contributed by atoms with van der Waals surface area (Å²) < 4.78 is 0. The van der Waals surface area contributed by atoms with Gasteiger partial charge >= 0.3 is 0 Å². The van der Waals surface area contributed by atoms with Crippen molar-refractivity contribution in [2.24, 2.45) is 0 Å². The highest BCUT2D eigenvalue weighted by atomic mass is 35.5. The van der Waals surface area contributed by atoms with Crippen LogP contribution in [0.5, 0.6) is 0 Å². The third kappa shape index (κ3) is 5.11. The van der Waals surface area contributed by atoms with Gasteiger partial charge < -0.3 is 5.32 Å². The van der Waals surface area contributed by atoms with Gasteiger partial charge in [-0.15, -0.1) is 0 Å². The number of anilines is 1. The molecule has 0 aliphatic rings. The van der Waals surface area contributed by atoms with Gasteiger partial charge in [0, 0.05) is 16.1 Å². The molecule has 0 aliphatic heterocycles. The van der Waals surface area contributed by atoms with Crippen LogP contribution in [-0.2, 0) is 4.79 Å². The van der Waals surface area contributed by atoms with Gasteiger partial charge in [-0.2, -0.15) is 0 Å². The molecule has 2 atom stereocenters. The van der Waals surface area contributed by atoms with E-state index < -0.39 is 6.04 Å². The van der Waals surface area contributed by atoms with Gasteiger partial charge in [-0.3, -0.25) is 10.1 Å². The fraction of sp³-hybridized carbons (Fsp3) is 0.235. The number of rotatable bonds is 5. The van der Waals surface area contributed by atoms with Crippen molar-refractivity contribution in [2.45, 2.75) is 25.9 Å². The van der Waals surface area contributed by atoms with Crippen LogP contribution in [0.2, 0.25) is 15.1 Å². The zero-order valence-electron chi connectivity index (χ0n) is 12.7. The summed E-state index contributed by atoms with van der Waals surface area (Å²) in [6.07, 6.45) is 0. The second-order valence-corrected chi connectivity index (χ2v) is 6.56. The lowest BCUT2D eigenvalue weighted by atomic mass is 10.1. The summed E-state index contributed by atoms with van der Waals surface area (Å²) in [6, 6.07) is 12.1. The van der Waals surface area contributed by atoms with E-state index in [1.54, 1.807) is 25.1 Å². The van der Waals surface area contributed by atoms with Crippen LogP contribution >= 0.6 is 34.8 Å². The molecule has 0 radical (unpaired) electrons. The highest BCUT2D eigenvalue weighted by Gasteiger charge is 2.17. The first-order valence-electron chi connectivity index (χ1n) is 7.14. The molecule has 0 aliphatic carbocycles. The third-order valence-electron chi connectivity index (χ3n) is 3.45. The number of carbonyl (C=O) groups is 1. The maximum absolute atomic E-state index is 12.3. The summed E-state index contributed by atoms with van der Waals surface area (Å²) in [5.74, 6) is -0.171. The predicted octanol–water partition coefficient (Wildman–Crippen LogP) is 5.32. The highest BCUT2D eigenvalue weighted by Crippen LogP contribution is 2.25.